The largest absolute Gasteiger partial charge is 0.467 e. The number of anilines is 2. The molecule has 2 N–H and O–H groups in total. The van der Waals surface area contributed by atoms with Crippen LogP contribution in [0.4, 0.5) is 11.9 Å². The first-order valence-corrected chi connectivity index (χ1v) is 5.97. The average molecular weight is 237 g/mol. The van der Waals surface area contributed by atoms with Crippen molar-refractivity contribution < 1.29 is 4.74 Å². The lowest BCUT2D eigenvalue weighted by atomic mass is 9.75. The Labute approximate surface area is 101 Å². The third kappa shape index (κ3) is 2.40. The summed E-state index contributed by atoms with van der Waals surface area (Å²) in [5.74, 6) is 1.10. The molecule has 1 aliphatic rings. The molecule has 0 bridgehead atoms. The molecule has 0 aromatic carbocycles. The molecule has 2 rings (SSSR count). The Balaban J connectivity index is 2.19. The second-order valence-electron chi connectivity index (χ2n) is 4.33. The molecule has 0 saturated heterocycles. The van der Waals surface area contributed by atoms with E-state index in [0.717, 1.165) is 6.42 Å². The van der Waals surface area contributed by atoms with Crippen LogP contribution in [0.1, 0.15) is 32.6 Å². The van der Waals surface area contributed by atoms with Gasteiger partial charge in [-0.2, -0.15) is 15.0 Å². The van der Waals surface area contributed by atoms with Gasteiger partial charge >= 0.3 is 6.01 Å². The van der Waals surface area contributed by atoms with Gasteiger partial charge in [-0.1, -0.05) is 6.92 Å². The molecule has 0 atom stereocenters. The molecular weight excluding hydrogens is 218 g/mol. The average Bonchev–Trinajstić information content (AvgIpc) is 2.33. The van der Waals surface area contributed by atoms with Crippen molar-refractivity contribution in [1.82, 2.24) is 15.0 Å². The van der Waals surface area contributed by atoms with Crippen molar-refractivity contribution in [3.05, 3.63) is 0 Å². The summed E-state index contributed by atoms with van der Waals surface area (Å²) in [6, 6.07) is 0.331. The Bertz CT molecular complexity index is 364. The smallest absolute Gasteiger partial charge is 0.322 e. The second kappa shape index (κ2) is 4.73. The van der Waals surface area contributed by atoms with Gasteiger partial charge in [-0.05, 0) is 25.7 Å². The van der Waals surface area contributed by atoms with Gasteiger partial charge in [-0.3, -0.25) is 0 Å². The monoisotopic (exact) mass is 237 g/mol. The van der Waals surface area contributed by atoms with Crippen LogP contribution in [0.25, 0.3) is 0 Å². The highest BCUT2D eigenvalue weighted by atomic mass is 16.5. The summed E-state index contributed by atoms with van der Waals surface area (Å²) in [5, 5.41) is 6.31. The van der Waals surface area contributed by atoms with Gasteiger partial charge in [0.1, 0.15) is 0 Å². The molecule has 1 aliphatic carbocycles. The number of methoxy groups -OCH3 is 1. The third-order valence-electron chi connectivity index (χ3n) is 3.39. The van der Waals surface area contributed by atoms with E-state index in [-0.39, 0.29) is 5.54 Å². The standard InChI is InChI=1S/C11H19N5O/c1-4-11(6-5-7-11)16-9-13-8(12-2)14-10(15-9)17-3/h4-7H2,1-3H3,(H2,12,13,14,15,16). The van der Waals surface area contributed by atoms with E-state index in [0.29, 0.717) is 17.9 Å². The molecule has 0 radical (unpaired) electrons. The molecule has 6 heteroatoms. The number of rotatable bonds is 5. The van der Waals surface area contributed by atoms with E-state index in [1.54, 1.807) is 14.2 Å². The molecule has 1 aromatic heterocycles. The number of nitrogens with one attached hydrogen (secondary N) is 2. The predicted molar refractivity (Wildman–Crippen MR) is 66.4 cm³/mol. The van der Waals surface area contributed by atoms with Gasteiger partial charge in [0.05, 0.1) is 7.11 Å². The van der Waals surface area contributed by atoms with Gasteiger partial charge in [0.2, 0.25) is 11.9 Å². The first-order valence-electron chi connectivity index (χ1n) is 5.97. The van der Waals surface area contributed by atoms with Crippen LogP contribution in [-0.2, 0) is 0 Å². The van der Waals surface area contributed by atoms with Gasteiger partial charge in [0, 0.05) is 12.6 Å². The lowest BCUT2D eigenvalue weighted by Crippen LogP contribution is -2.44. The molecule has 1 heterocycles. The van der Waals surface area contributed by atoms with Gasteiger partial charge in [0.25, 0.3) is 0 Å². The summed E-state index contributed by atoms with van der Waals surface area (Å²) in [5.41, 5.74) is 0.164. The molecule has 1 aromatic rings. The predicted octanol–water partition coefficient (Wildman–Crippen LogP) is 1.67. The number of aromatic nitrogens is 3. The second-order valence-corrected chi connectivity index (χ2v) is 4.33. The van der Waals surface area contributed by atoms with E-state index in [2.05, 4.69) is 32.5 Å². The Kier molecular flexibility index (Phi) is 3.31. The molecule has 1 fully saturated rings. The Morgan fingerprint density at radius 1 is 1.24 bits per heavy atom. The highest BCUT2D eigenvalue weighted by Gasteiger charge is 2.35. The van der Waals surface area contributed by atoms with Crippen LogP contribution in [0.3, 0.4) is 0 Å². The van der Waals surface area contributed by atoms with Gasteiger partial charge in [0.15, 0.2) is 0 Å². The highest BCUT2D eigenvalue weighted by molar-refractivity contribution is 5.38. The van der Waals surface area contributed by atoms with Gasteiger partial charge in [-0.15, -0.1) is 0 Å². The van der Waals surface area contributed by atoms with Crippen LogP contribution < -0.4 is 15.4 Å². The van der Waals surface area contributed by atoms with Crippen LogP contribution in [0.2, 0.25) is 0 Å². The van der Waals surface area contributed by atoms with Crippen LogP contribution in [0.15, 0.2) is 0 Å². The fourth-order valence-corrected chi connectivity index (χ4v) is 2.02. The zero-order chi connectivity index (χ0) is 12.3. The van der Waals surface area contributed by atoms with Crippen molar-refractivity contribution in [2.24, 2.45) is 0 Å². The minimum atomic E-state index is 0.164. The molecule has 17 heavy (non-hydrogen) atoms. The zero-order valence-corrected chi connectivity index (χ0v) is 10.6. The van der Waals surface area contributed by atoms with Crippen molar-refractivity contribution in [1.29, 1.82) is 0 Å². The summed E-state index contributed by atoms with van der Waals surface area (Å²) in [6.07, 6.45) is 4.69. The summed E-state index contributed by atoms with van der Waals surface area (Å²) >= 11 is 0. The lowest BCUT2D eigenvalue weighted by Gasteiger charge is -2.41. The van der Waals surface area contributed by atoms with E-state index >= 15 is 0 Å². The SMILES string of the molecule is CCC1(Nc2nc(NC)nc(OC)n2)CCC1. The van der Waals surface area contributed by atoms with Crippen molar-refractivity contribution >= 4 is 11.9 Å². The molecule has 0 aliphatic heterocycles. The van der Waals surface area contributed by atoms with Crippen molar-refractivity contribution in [2.75, 3.05) is 24.8 Å². The van der Waals surface area contributed by atoms with Crippen LogP contribution in [-0.4, -0.2) is 34.6 Å². The molecule has 94 valence electrons. The van der Waals surface area contributed by atoms with Crippen LogP contribution in [0.5, 0.6) is 6.01 Å². The van der Waals surface area contributed by atoms with Crippen LogP contribution in [0, 0.1) is 0 Å². The maximum absolute atomic E-state index is 5.05. The molecule has 0 spiro atoms. The number of hydrogen-bond acceptors (Lipinski definition) is 6. The maximum atomic E-state index is 5.05. The van der Waals surface area contributed by atoms with Crippen molar-refractivity contribution in [2.45, 2.75) is 38.1 Å². The quantitative estimate of drug-likeness (QED) is 0.811. The number of ether oxygens (including phenoxy) is 1. The highest BCUT2D eigenvalue weighted by Crippen LogP contribution is 2.37. The number of nitrogens with zero attached hydrogens (tertiary/aromatic N) is 3. The van der Waals surface area contributed by atoms with Crippen molar-refractivity contribution in [3.8, 4) is 6.01 Å². The Morgan fingerprint density at radius 3 is 2.41 bits per heavy atom. The molecule has 0 unspecified atom stereocenters. The maximum Gasteiger partial charge on any atom is 0.322 e. The Hall–Kier alpha value is -1.59. The summed E-state index contributed by atoms with van der Waals surface area (Å²) in [6.45, 7) is 2.18. The first-order chi connectivity index (χ1) is 8.21. The third-order valence-corrected chi connectivity index (χ3v) is 3.39. The van der Waals surface area contributed by atoms with Crippen molar-refractivity contribution in [3.63, 3.8) is 0 Å². The first kappa shape index (κ1) is 11.9. The van der Waals surface area contributed by atoms with E-state index < -0.39 is 0 Å². The minimum absolute atomic E-state index is 0.164. The fourth-order valence-electron chi connectivity index (χ4n) is 2.02. The van der Waals surface area contributed by atoms with E-state index in [9.17, 15) is 0 Å². The van der Waals surface area contributed by atoms with E-state index in [1.807, 2.05) is 0 Å². The fraction of sp³-hybridized carbons (Fsp3) is 0.727. The normalized spacial score (nSPS) is 17.1. The topological polar surface area (TPSA) is 72.0 Å². The lowest BCUT2D eigenvalue weighted by molar-refractivity contribution is 0.267. The summed E-state index contributed by atoms with van der Waals surface area (Å²) in [7, 11) is 3.33. The van der Waals surface area contributed by atoms with Gasteiger partial charge < -0.3 is 15.4 Å². The summed E-state index contributed by atoms with van der Waals surface area (Å²) < 4.78 is 5.05. The molecule has 1 saturated carbocycles. The molecule has 0 amide bonds. The number of hydrogen-bond donors (Lipinski definition) is 2. The zero-order valence-electron chi connectivity index (χ0n) is 10.6. The van der Waals surface area contributed by atoms with E-state index in [1.165, 1.54) is 19.3 Å². The molecular formula is C11H19N5O. The summed E-state index contributed by atoms with van der Waals surface area (Å²) in [4.78, 5) is 12.6. The van der Waals surface area contributed by atoms with E-state index in [4.69, 9.17) is 4.74 Å². The Morgan fingerprint density at radius 2 is 1.94 bits per heavy atom. The van der Waals surface area contributed by atoms with Gasteiger partial charge in [-0.25, -0.2) is 0 Å². The minimum Gasteiger partial charge on any atom is -0.467 e. The van der Waals surface area contributed by atoms with Crippen LogP contribution >= 0.6 is 0 Å². The molecule has 6 nitrogen and oxygen atoms in total.